The van der Waals surface area contributed by atoms with Crippen molar-refractivity contribution in [1.82, 2.24) is 9.88 Å². The maximum Gasteiger partial charge on any atom is 0.340 e. The highest BCUT2D eigenvalue weighted by atomic mass is 16.5. The number of rotatable bonds is 4. The topological polar surface area (TPSA) is 71.7 Å². The second-order valence-electron chi connectivity index (χ2n) is 5.49. The Morgan fingerprint density at radius 2 is 2.38 bits per heavy atom. The van der Waals surface area contributed by atoms with Gasteiger partial charge in [-0.1, -0.05) is 0 Å². The fourth-order valence-electron chi connectivity index (χ4n) is 2.76. The van der Waals surface area contributed by atoms with Gasteiger partial charge in [0.1, 0.15) is 0 Å². The summed E-state index contributed by atoms with van der Waals surface area (Å²) >= 11 is 0. The van der Waals surface area contributed by atoms with Crippen LogP contribution in [0.3, 0.4) is 0 Å². The number of anilines is 2. The number of likely N-dealkylation sites (tertiary alicyclic amines) is 1. The molecule has 0 radical (unpaired) electrons. The first-order valence-corrected chi connectivity index (χ1v) is 7.37. The van der Waals surface area contributed by atoms with Gasteiger partial charge in [0.25, 0.3) is 0 Å². The standard InChI is InChI=1S/C15H24N4O2/c1-4-21-15(20)12-7-8-17-14(13(12)16)19(3)11-6-5-9-18(2)10-11/h7-8,11H,4-6,9-10,16H2,1-3H3. The lowest BCUT2D eigenvalue weighted by atomic mass is 10.0. The van der Waals surface area contributed by atoms with Crippen LogP contribution in [0, 0.1) is 0 Å². The Labute approximate surface area is 125 Å². The van der Waals surface area contributed by atoms with Crippen molar-refractivity contribution in [3.8, 4) is 0 Å². The fourth-order valence-corrected chi connectivity index (χ4v) is 2.76. The first-order valence-electron chi connectivity index (χ1n) is 7.37. The molecule has 1 aromatic rings. The summed E-state index contributed by atoms with van der Waals surface area (Å²) < 4.78 is 5.03. The molecule has 1 fully saturated rings. The summed E-state index contributed by atoms with van der Waals surface area (Å²) in [5, 5.41) is 0. The summed E-state index contributed by atoms with van der Waals surface area (Å²) in [6.07, 6.45) is 3.87. The molecule has 1 atom stereocenters. The average molecular weight is 292 g/mol. The molecule has 0 amide bonds. The zero-order valence-electron chi connectivity index (χ0n) is 13.0. The third-order valence-electron chi connectivity index (χ3n) is 3.95. The summed E-state index contributed by atoms with van der Waals surface area (Å²) in [4.78, 5) is 20.6. The molecule has 2 N–H and O–H groups in total. The van der Waals surface area contributed by atoms with E-state index in [-0.39, 0.29) is 0 Å². The van der Waals surface area contributed by atoms with Crippen LogP contribution in [-0.2, 0) is 4.74 Å². The molecule has 0 aliphatic carbocycles. The lowest BCUT2D eigenvalue weighted by Gasteiger charge is -2.37. The summed E-state index contributed by atoms with van der Waals surface area (Å²) in [6.45, 7) is 4.21. The van der Waals surface area contributed by atoms with Crippen LogP contribution in [0.1, 0.15) is 30.1 Å². The molecule has 2 rings (SSSR count). The maximum atomic E-state index is 11.9. The van der Waals surface area contributed by atoms with Crippen LogP contribution in [0.5, 0.6) is 0 Å². The van der Waals surface area contributed by atoms with E-state index in [1.807, 2.05) is 7.05 Å². The van der Waals surface area contributed by atoms with Crippen LogP contribution >= 0.6 is 0 Å². The number of carbonyl (C=O) groups excluding carboxylic acids is 1. The van der Waals surface area contributed by atoms with E-state index in [4.69, 9.17) is 10.5 Å². The molecule has 0 bridgehead atoms. The van der Waals surface area contributed by atoms with Crippen molar-refractivity contribution in [2.24, 2.45) is 0 Å². The largest absolute Gasteiger partial charge is 0.462 e. The maximum absolute atomic E-state index is 11.9. The number of carbonyl (C=O) groups is 1. The van der Waals surface area contributed by atoms with E-state index in [9.17, 15) is 4.79 Å². The Hall–Kier alpha value is -1.82. The van der Waals surface area contributed by atoms with Crippen molar-refractivity contribution in [1.29, 1.82) is 0 Å². The monoisotopic (exact) mass is 292 g/mol. The number of nitrogens with two attached hydrogens (primary N) is 1. The quantitative estimate of drug-likeness (QED) is 0.845. The number of nitrogens with zero attached hydrogens (tertiary/aromatic N) is 3. The van der Waals surface area contributed by atoms with E-state index < -0.39 is 5.97 Å². The smallest absolute Gasteiger partial charge is 0.340 e. The minimum atomic E-state index is -0.396. The van der Waals surface area contributed by atoms with E-state index in [0.717, 1.165) is 25.9 Å². The highest BCUT2D eigenvalue weighted by Crippen LogP contribution is 2.27. The molecule has 0 spiro atoms. The van der Waals surface area contributed by atoms with Crippen LogP contribution in [0.2, 0.25) is 0 Å². The van der Waals surface area contributed by atoms with E-state index in [1.165, 1.54) is 0 Å². The number of piperidine rings is 1. The Morgan fingerprint density at radius 3 is 3.05 bits per heavy atom. The lowest BCUT2D eigenvalue weighted by Crippen LogP contribution is -2.45. The highest BCUT2D eigenvalue weighted by molar-refractivity contribution is 5.97. The molecule has 1 unspecified atom stereocenters. The van der Waals surface area contributed by atoms with Gasteiger partial charge in [0.2, 0.25) is 0 Å². The van der Waals surface area contributed by atoms with E-state index in [1.54, 1.807) is 19.2 Å². The van der Waals surface area contributed by atoms with Crippen molar-refractivity contribution in [3.63, 3.8) is 0 Å². The van der Waals surface area contributed by atoms with Crippen molar-refractivity contribution < 1.29 is 9.53 Å². The second kappa shape index (κ2) is 6.76. The molecule has 1 saturated heterocycles. The molecule has 116 valence electrons. The van der Waals surface area contributed by atoms with Gasteiger partial charge in [-0.25, -0.2) is 9.78 Å². The van der Waals surface area contributed by atoms with E-state index >= 15 is 0 Å². The normalized spacial score (nSPS) is 19.3. The van der Waals surface area contributed by atoms with Gasteiger partial charge in [-0.3, -0.25) is 0 Å². The number of nitrogen functional groups attached to an aromatic ring is 1. The SMILES string of the molecule is CCOC(=O)c1ccnc(N(C)C2CCCN(C)C2)c1N. The molecule has 0 saturated carbocycles. The van der Waals surface area contributed by atoms with Crippen LogP contribution in [0.25, 0.3) is 0 Å². The number of ether oxygens (including phenoxy) is 1. The van der Waals surface area contributed by atoms with Crippen molar-refractivity contribution >= 4 is 17.5 Å². The number of esters is 1. The molecule has 6 nitrogen and oxygen atoms in total. The average Bonchev–Trinajstić information content (AvgIpc) is 2.47. The van der Waals surface area contributed by atoms with Crippen LogP contribution in [0.15, 0.2) is 12.3 Å². The Balaban J connectivity index is 2.23. The fraction of sp³-hybridized carbons (Fsp3) is 0.600. The van der Waals surface area contributed by atoms with Crippen molar-refractivity contribution in [2.75, 3.05) is 44.4 Å². The van der Waals surface area contributed by atoms with Gasteiger partial charge in [0.05, 0.1) is 17.9 Å². The van der Waals surface area contributed by atoms with Gasteiger partial charge in [-0.15, -0.1) is 0 Å². The molecule has 2 heterocycles. The number of pyridine rings is 1. The molecule has 21 heavy (non-hydrogen) atoms. The van der Waals surface area contributed by atoms with Crippen LogP contribution in [-0.4, -0.2) is 55.7 Å². The third kappa shape index (κ3) is 3.44. The summed E-state index contributed by atoms with van der Waals surface area (Å²) in [5.74, 6) is 0.258. The van der Waals surface area contributed by atoms with Gasteiger partial charge in [0.15, 0.2) is 5.82 Å². The first kappa shape index (κ1) is 15.6. The zero-order valence-corrected chi connectivity index (χ0v) is 13.0. The second-order valence-corrected chi connectivity index (χ2v) is 5.49. The van der Waals surface area contributed by atoms with Gasteiger partial charge < -0.3 is 20.3 Å². The Bertz CT molecular complexity index is 506. The Morgan fingerprint density at radius 1 is 1.62 bits per heavy atom. The van der Waals surface area contributed by atoms with Gasteiger partial charge in [-0.2, -0.15) is 0 Å². The highest BCUT2D eigenvalue weighted by Gasteiger charge is 2.25. The van der Waals surface area contributed by atoms with Gasteiger partial charge >= 0.3 is 5.97 Å². The predicted octanol–water partition coefficient (Wildman–Crippen LogP) is 1.37. The lowest BCUT2D eigenvalue weighted by molar-refractivity contribution is 0.0527. The number of aromatic nitrogens is 1. The van der Waals surface area contributed by atoms with E-state index in [2.05, 4.69) is 21.8 Å². The molecular weight excluding hydrogens is 268 g/mol. The molecule has 1 aliphatic heterocycles. The minimum Gasteiger partial charge on any atom is -0.462 e. The summed E-state index contributed by atoms with van der Waals surface area (Å²) in [7, 11) is 4.10. The third-order valence-corrected chi connectivity index (χ3v) is 3.95. The van der Waals surface area contributed by atoms with Gasteiger partial charge in [0, 0.05) is 25.8 Å². The molecule has 6 heteroatoms. The van der Waals surface area contributed by atoms with Crippen LogP contribution < -0.4 is 10.6 Å². The number of hydrogen-bond donors (Lipinski definition) is 1. The predicted molar refractivity (Wildman–Crippen MR) is 83.5 cm³/mol. The molecule has 1 aliphatic rings. The van der Waals surface area contributed by atoms with Crippen LogP contribution in [0.4, 0.5) is 11.5 Å². The van der Waals surface area contributed by atoms with E-state index in [0.29, 0.717) is 29.7 Å². The molecule has 1 aromatic heterocycles. The van der Waals surface area contributed by atoms with Crippen molar-refractivity contribution in [3.05, 3.63) is 17.8 Å². The minimum absolute atomic E-state index is 0.333. The Kier molecular flexibility index (Phi) is 5.01. The van der Waals surface area contributed by atoms with Gasteiger partial charge in [-0.05, 0) is 39.4 Å². The first-order chi connectivity index (χ1) is 10.0. The van der Waals surface area contributed by atoms with Crippen molar-refractivity contribution in [2.45, 2.75) is 25.8 Å². The summed E-state index contributed by atoms with van der Waals surface area (Å²) in [6, 6.07) is 1.97. The zero-order chi connectivity index (χ0) is 15.4. The number of hydrogen-bond acceptors (Lipinski definition) is 6. The number of likely N-dealkylation sites (N-methyl/N-ethyl adjacent to an activating group) is 2. The summed E-state index contributed by atoms with van der Waals surface area (Å²) in [5.41, 5.74) is 6.92. The molecule has 0 aromatic carbocycles. The molecular formula is C15H24N4O2.